The van der Waals surface area contributed by atoms with Crippen molar-refractivity contribution in [3.8, 4) is 0 Å². The quantitative estimate of drug-likeness (QED) is 0.873. The van der Waals surface area contributed by atoms with E-state index in [-0.39, 0.29) is 0 Å². The number of anilines is 1. The van der Waals surface area contributed by atoms with E-state index in [2.05, 4.69) is 27.5 Å². The van der Waals surface area contributed by atoms with Crippen LogP contribution in [0, 0.1) is 11.8 Å². The van der Waals surface area contributed by atoms with Gasteiger partial charge < -0.3 is 10.2 Å². The van der Waals surface area contributed by atoms with Gasteiger partial charge in [-0.25, -0.2) is 0 Å². The van der Waals surface area contributed by atoms with Gasteiger partial charge in [0, 0.05) is 19.1 Å². The van der Waals surface area contributed by atoms with Crippen LogP contribution < -0.4 is 5.32 Å². The lowest BCUT2D eigenvalue weighted by atomic mass is 10.0. The van der Waals surface area contributed by atoms with Crippen LogP contribution in [0.15, 0.2) is 12.1 Å². The molecule has 3 rings (SSSR count). The van der Waals surface area contributed by atoms with Crippen LogP contribution in [0.1, 0.15) is 12.8 Å². The van der Waals surface area contributed by atoms with E-state index in [0.717, 1.165) is 17.7 Å². The van der Waals surface area contributed by atoms with Crippen LogP contribution in [0.2, 0.25) is 5.15 Å². The molecular weight excluding hydrogens is 236 g/mol. The van der Waals surface area contributed by atoms with E-state index in [4.69, 9.17) is 11.6 Å². The van der Waals surface area contributed by atoms with Crippen molar-refractivity contribution in [3.05, 3.63) is 17.3 Å². The van der Waals surface area contributed by atoms with Crippen molar-refractivity contribution >= 4 is 17.4 Å². The van der Waals surface area contributed by atoms with E-state index in [1.807, 2.05) is 6.07 Å². The molecule has 5 heteroatoms. The van der Waals surface area contributed by atoms with Crippen LogP contribution >= 0.6 is 11.6 Å². The van der Waals surface area contributed by atoms with E-state index >= 15 is 0 Å². The molecule has 1 aliphatic heterocycles. The largest absolute Gasteiger partial charge is 0.366 e. The summed E-state index contributed by atoms with van der Waals surface area (Å²) < 4.78 is 0. The highest BCUT2D eigenvalue weighted by atomic mass is 35.5. The van der Waals surface area contributed by atoms with Crippen molar-refractivity contribution in [3.63, 3.8) is 0 Å². The van der Waals surface area contributed by atoms with Gasteiger partial charge in [-0.15, -0.1) is 10.2 Å². The highest BCUT2D eigenvalue weighted by molar-refractivity contribution is 6.29. The number of fused-ring (bicyclic) bond motifs is 1. The second kappa shape index (κ2) is 4.42. The first kappa shape index (κ1) is 11.2. The normalized spacial score (nSPS) is 32.7. The zero-order valence-electron chi connectivity index (χ0n) is 9.93. The summed E-state index contributed by atoms with van der Waals surface area (Å²) in [5.74, 6) is 2.56. The number of nitrogens with one attached hydrogen (secondary N) is 1. The summed E-state index contributed by atoms with van der Waals surface area (Å²) in [6.45, 7) is 2.49. The molecule has 92 valence electrons. The molecule has 0 radical (unpaired) electrons. The average molecular weight is 253 g/mol. The van der Waals surface area contributed by atoms with Crippen LogP contribution in [0.25, 0.3) is 0 Å². The maximum atomic E-state index is 5.72. The van der Waals surface area contributed by atoms with E-state index in [9.17, 15) is 0 Å². The van der Waals surface area contributed by atoms with Gasteiger partial charge in [0.2, 0.25) is 0 Å². The topological polar surface area (TPSA) is 41.0 Å². The van der Waals surface area contributed by atoms with Crippen molar-refractivity contribution in [2.45, 2.75) is 18.9 Å². The van der Waals surface area contributed by atoms with Gasteiger partial charge in [0.25, 0.3) is 0 Å². The Labute approximate surface area is 106 Å². The van der Waals surface area contributed by atoms with Gasteiger partial charge in [0.15, 0.2) is 5.15 Å². The van der Waals surface area contributed by atoms with Crippen molar-refractivity contribution in [1.29, 1.82) is 0 Å². The number of likely N-dealkylation sites (tertiary alicyclic amines) is 1. The van der Waals surface area contributed by atoms with Gasteiger partial charge in [-0.3, -0.25) is 0 Å². The second-order valence-corrected chi connectivity index (χ2v) is 5.68. The fraction of sp³-hybridized carbons (Fsp3) is 0.667. The molecule has 2 aliphatic rings. The number of rotatable bonds is 2. The molecule has 2 heterocycles. The number of hydrogen-bond acceptors (Lipinski definition) is 4. The summed E-state index contributed by atoms with van der Waals surface area (Å²) in [5.41, 5.74) is 0. The van der Waals surface area contributed by atoms with E-state index in [1.54, 1.807) is 6.07 Å². The molecule has 1 aromatic heterocycles. The molecule has 1 aromatic rings. The lowest BCUT2D eigenvalue weighted by molar-refractivity contribution is 0.374. The number of nitrogens with zero attached hydrogens (tertiary/aromatic N) is 3. The standard InChI is InChI=1S/C12H17ClN4/c1-17-6-8-4-10(5-9(8)7-17)14-12-3-2-11(13)15-16-12/h2-3,8-10H,4-7H2,1H3,(H,14,16)/t8-,9+,10?. The number of halogens is 1. The molecule has 1 saturated heterocycles. The highest BCUT2D eigenvalue weighted by Crippen LogP contribution is 2.38. The monoisotopic (exact) mass is 252 g/mol. The first-order valence-corrected chi connectivity index (χ1v) is 6.53. The third-order valence-corrected chi connectivity index (χ3v) is 4.12. The molecule has 0 spiro atoms. The molecule has 4 nitrogen and oxygen atoms in total. The minimum Gasteiger partial charge on any atom is -0.366 e. The fourth-order valence-corrected chi connectivity index (χ4v) is 3.36. The zero-order valence-corrected chi connectivity index (χ0v) is 10.7. The van der Waals surface area contributed by atoms with E-state index in [1.165, 1.54) is 25.9 Å². The third-order valence-electron chi connectivity index (χ3n) is 3.92. The highest BCUT2D eigenvalue weighted by Gasteiger charge is 2.39. The smallest absolute Gasteiger partial charge is 0.151 e. The van der Waals surface area contributed by atoms with Crippen LogP contribution in [0.3, 0.4) is 0 Å². The summed E-state index contributed by atoms with van der Waals surface area (Å²) in [6.07, 6.45) is 2.50. The van der Waals surface area contributed by atoms with Crippen molar-refractivity contribution in [1.82, 2.24) is 15.1 Å². The average Bonchev–Trinajstić information content (AvgIpc) is 2.78. The maximum absolute atomic E-state index is 5.72. The molecule has 2 fully saturated rings. The predicted molar refractivity (Wildman–Crippen MR) is 68.2 cm³/mol. The molecule has 1 N–H and O–H groups in total. The van der Waals surface area contributed by atoms with Crippen LogP contribution in [-0.4, -0.2) is 41.3 Å². The van der Waals surface area contributed by atoms with E-state index < -0.39 is 0 Å². The molecule has 0 amide bonds. The Kier molecular flexibility index (Phi) is 2.92. The van der Waals surface area contributed by atoms with Gasteiger partial charge in [0.1, 0.15) is 5.82 Å². The Hall–Kier alpha value is -0.870. The summed E-state index contributed by atoms with van der Waals surface area (Å²) in [7, 11) is 2.21. The summed E-state index contributed by atoms with van der Waals surface area (Å²) >= 11 is 5.72. The molecule has 1 unspecified atom stereocenters. The molecule has 0 aromatic carbocycles. The molecule has 0 bridgehead atoms. The fourth-order valence-electron chi connectivity index (χ4n) is 3.25. The van der Waals surface area contributed by atoms with Crippen molar-refractivity contribution in [2.75, 3.05) is 25.5 Å². The Balaban J connectivity index is 1.60. The number of aromatic nitrogens is 2. The lowest BCUT2D eigenvalue weighted by Crippen LogP contribution is -2.22. The summed E-state index contributed by atoms with van der Waals surface area (Å²) in [4.78, 5) is 2.44. The zero-order chi connectivity index (χ0) is 11.8. The first-order chi connectivity index (χ1) is 8.20. The number of hydrogen-bond donors (Lipinski definition) is 1. The molecule has 3 atom stereocenters. The minimum absolute atomic E-state index is 0.445. The van der Waals surface area contributed by atoms with Crippen LogP contribution in [0.4, 0.5) is 5.82 Å². The van der Waals surface area contributed by atoms with Gasteiger partial charge in [-0.05, 0) is 43.9 Å². The Morgan fingerprint density at radius 2 is 1.94 bits per heavy atom. The Bertz CT molecular complexity index is 380. The molecule has 17 heavy (non-hydrogen) atoms. The predicted octanol–water partition coefficient (Wildman–Crippen LogP) is 1.88. The van der Waals surface area contributed by atoms with Crippen molar-refractivity contribution < 1.29 is 0 Å². The van der Waals surface area contributed by atoms with E-state index in [0.29, 0.717) is 11.2 Å². The van der Waals surface area contributed by atoms with Gasteiger partial charge in [0.05, 0.1) is 0 Å². The van der Waals surface area contributed by atoms with Gasteiger partial charge in [-0.2, -0.15) is 0 Å². The molecular formula is C12H17ClN4. The Morgan fingerprint density at radius 1 is 1.24 bits per heavy atom. The SMILES string of the molecule is CN1C[C@H]2CC(Nc3ccc(Cl)nn3)C[C@H]2C1. The van der Waals surface area contributed by atoms with Crippen LogP contribution in [-0.2, 0) is 0 Å². The Morgan fingerprint density at radius 3 is 2.53 bits per heavy atom. The summed E-state index contributed by atoms with van der Waals surface area (Å²) in [5, 5.41) is 11.8. The summed E-state index contributed by atoms with van der Waals surface area (Å²) in [6, 6.07) is 4.23. The van der Waals surface area contributed by atoms with Crippen LogP contribution in [0.5, 0.6) is 0 Å². The van der Waals surface area contributed by atoms with Gasteiger partial charge in [-0.1, -0.05) is 11.6 Å². The first-order valence-electron chi connectivity index (χ1n) is 6.15. The third kappa shape index (κ3) is 2.38. The molecule has 1 saturated carbocycles. The van der Waals surface area contributed by atoms with Gasteiger partial charge >= 0.3 is 0 Å². The minimum atomic E-state index is 0.445. The second-order valence-electron chi connectivity index (χ2n) is 5.30. The lowest BCUT2D eigenvalue weighted by Gasteiger charge is -2.16. The molecule has 1 aliphatic carbocycles. The maximum Gasteiger partial charge on any atom is 0.151 e. The van der Waals surface area contributed by atoms with Crippen molar-refractivity contribution in [2.24, 2.45) is 11.8 Å².